The molecule has 90 valence electrons. The molecule has 2 heteroatoms. The van der Waals surface area contributed by atoms with Crippen LogP contribution < -0.4 is 0 Å². The molecule has 0 spiro atoms. The van der Waals surface area contributed by atoms with Crippen LogP contribution in [0.3, 0.4) is 0 Å². The highest BCUT2D eigenvalue weighted by Crippen LogP contribution is 2.45. The van der Waals surface area contributed by atoms with Crippen LogP contribution in [-0.2, 0) is 6.42 Å². The van der Waals surface area contributed by atoms with E-state index in [1.165, 1.54) is 18.4 Å². The standard InChI is InChI=1S/C15H20N2/c1-2-13-3-7-15(11-13,12-16)8-4-14-5-9-17-10-6-14/h5-6,9-10,13H,2-4,7-8,11H2,1H3. The predicted molar refractivity (Wildman–Crippen MR) is 68.2 cm³/mol. The van der Waals surface area contributed by atoms with Crippen molar-refractivity contribution in [1.29, 1.82) is 5.26 Å². The molecule has 0 bridgehead atoms. The summed E-state index contributed by atoms with van der Waals surface area (Å²) >= 11 is 0. The number of hydrogen-bond acceptors (Lipinski definition) is 2. The summed E-state index contributed by atoms with van der Waals surface area (Å²) in [7, 11) is 0. The minimum Gasteiger partial charge on any atom is -0.265 e. The van der Waals surface area contributed by atoms with E-state index in [2.05, 4.69) is 30.1 Å². The van der Waals surface area contributed by atoms with Crippen LogP contribution in [0.15, 0.2) is 24.5 Å². The van der Waals surface area contributed by atoms with Gasteiger partial charge in [0.05, 0.1) is 11.5 Å². The zero-order valence-corrected chi connectivity index (χ0v) is 10.5. The van der Waals surface area contributed by atoms with Gasteiger partial charge < -0.3 is 0 Å². The van der Waals surface area contributed by atoms with E-state index >= 15 is 0 Å². The third-order valence-electron chi connectivity index (χ3n) is 4.17. The maximum Gasteiger partial charge on any atom is 0.0689 e. The lowest BCUT2D eigenvalue weighted by Gasteiger charge is -2.20. The number of aryl methyl sites for hydroxylation is 1. The van der Waals surface area contributed by atoms with Gasteiger partial charge in [0.25, 0.3) is 0 Å². The second-order valence-electron chi connectivity index (χ2n) is 5.26. The molecule has 2 nitrogen and oxygen atoms in total. The molecule has 1 aromatic rings. The van der Waals surface area contributed by atoms with Crippen LogP contribution >= 0.6 is 0 Å². The molecule has 17 heavy (non-hydrogen) atoms. The first-order valence-corrected chi connectivity index (χ1v) is 6.58. The highest BCUT2D eigenvalue weighted by atomic mass is 14.6. The number of aromatic nitrogens is 1. The van der Waals surface area contributed by atoms with E-state index in [4.69, 9.17) is 0 Å². The monoisotopic (exact) mass is 228 g/mol. The van der Waals surface area contributed by atoms with Crippen molar-refractivity contribution in [2.45, 2.75) is 45.4 Å². The first kappa shape index (κ1) is 12.1. The average molecular weight is 228 g/mol. The topological polar surface area (TPSA) is 36.7 Å². The Bertz CT molecular complexity index is 393. The third kappa shape index (κ3) is 2.85. The Morgan fingerprint density at radius 3 is 2.82 bits per heavy atom. The van der Waals surface area contributed by atoms with Crippen molar-refractivity contribution in [1.82, 2.24) is 4.98 Å². The van der Waals surface area contributed by atoms with Gasteiger partial charge >= 0.3 is 0 Å². The quantitative estimate of drug-likeness (QED) is 0.787. The maximum atomic E-state index is 9.45. The van der Waals surface area contributed by atoms with E-state index < -0.39 is 0 Å². The first-order valence-electron chi connectivity index (χ1n) is 6.58. The summed E-state index contributed by atoms with van der Waals surface area (Å²) in [6.07, 6.45) is 10.3. The summed E-state index contributed by atoms with van der Waals surface area (Å²) in [6.45, 7) is 2.24. The molecule has 0 aliphatic heterocycles. The zero-order valence-electron chi connectivity index (χ0n) is 10.5. The van der Waals surface area contributed by atoms with Gasteiger partial charge in [0.1, 0.15) is 0 Å². The molecule has 1 fully saturated rings. The molecule has 0 radical (unpaired) electrons. The summed E-state index contributed by atoms with van der Waals surface area (Å²) in [6, 6.07) is 6.70. The Labute approximate surface area is 104 Å². The Balaban J connectivity index is 1.95. The largest absolute Gasteiger partial charge is 0.265 e. The molecule has 2 rings (SSSR count). The summed E-state index contributed by atoms with van der Waals surface area (Å²) in [5.41, 5.74) is 1.25. The number of pyridine rings is 1. The lowest BCUT2D eigenvalue weighted by Crippen LogP contribution is -2.15. The number of nitriles is 1. The Morgan fingerprint density at radius 1 is 1.47 bits per heavy atom. The Morgan fingerprint density at radius 2 is 2.24 bits per heavy atom. The first-order chi connectivity index (χ1) is 8.28. The van der Waals surface area contributed by atoms with Crippen LogP contribution in [-0.4, -0.2) is 4.98 Å². The molecule has 0 saturated heterocycles. The molecule has 0 aromatic carbocycles. The maximum absolute atomic E-state index is 9.45. The van der Waals surface area contributed by atoms with E-state index in [-0.39, 0.29) is 5.41 Å². The van der Waals surface area contributed by atoms with Crippen molar-refractivity contribution in [2.24, 2.45) is 11.3 Å². The van der Waals surface area contributed by atoms with Crippen LogP contribution in [0.5, 0.6) is 0 Å². The van der Waals surface area contributed by atoms with Crippen LogP contribution in [0.1, 0.15) is 44.6 Å². The summed E-state index contributed by atoms with van der Waals surface area (Å²) < 4.78 is 0. The van der Waals surface area contributed by atoms with Crippen molar-refractivity contribution >= 4 is 0 Å². The molecule has 0 N–H and O–H groups in total. The van der Waals surface area contributed by atoms with Gasteiger partial charge in [-0.3, -0.25) is 4.98 Å². The smallest absolute Gasteiger partial charge is 0.0689 e. The summed E-state index contributed by atoms with van der Waals surface area (Å²) in [5.74, 6) is 0.770. The molecule has 1 aliphatic rings. The Hall–Kier alpha value is -1.36. The number of nitrogens with zero attached hydrogens (tertiary/aromatic N) is 2. The van der Waals surface area contributed by atoms with E-state index in [9.17, 15) is 5.26 Å². The van der Waals surface area contributed by atoms with Crippen molar-refractivity contribution in [3.05, 3.63) is 30.1 Å². The lowest BCUT2D eigenvalue weighted by molar-refractivity contribution is 0.355. The minimum absolute atomic E-state index is 0.0516. The van der Waals surface area contributed by atoms with Crippen molar-refractivity contribution in [3.8, 4) is 6.07 Å². The second kappa shape index (κ2) is 5.31. The van der Waals surface area contributed by atoms with Crippen molar-refractivity contribution in [3.63, 3.8) is 0 Å². The van der Waals surface area contributed by atoms with Gasteiger partial charge in [0.2, 0.25) is 0 Å². The fourth-order valence-corrected chi connectivity index (χ4v) is 2.90. The van der Waals surface area contributed by atoms with Crippen molar-refractivity contribution < 1.29 is 0 Å². The van der Waals surface area contributed by atoms with Gasteiger partial charge in [0.15, 0.2) is 0 Å². The van der Waals surface area contributed by atoms with E-state index in [0.29, 0.717) is 0 Å². The molecule has 1 aromatic heterocycles. The van der Waals surface area contributed by atoms with E-state index in [1.54, 1.807) is 0 Å². The van der Waals surface area contributed by atoms with E-state index in [1.807, 2.05) is 12.4 Å². The molecular weight excluding hydrogens is 208 g/mol. The molecule has 1 heterocycles. The highest BCUT2D eigenvalue weighted by Gasteiger charge is 2.38. The SMILES string of the molecule is CCC1CCC(C#N)(CCc2ccncc2)C1. The molecular formula is C15H20N2. The highest BCUT2D eigenvalue weighted by molar-refractivity contribution is 5.12. The summed E-state index contributed by atoms with van der Waals surface area (Å²) in [4.78, 5) is 4.02. The molecule has 1 aliphatic carbocycles. The van der Waals surface area contributed by atoms with Crippen LogP contribution in [0, 0.1) is 22.7 Å². The molecule has 1 saturated carbocycles. The van der Waals surface area contributed by atoms with Gasteiger partial charge in [0, 0.05) is 12.4 Å². The minimum atomic E-state index is -0.0516. The third-order valence-corrected chi connectivity index (χ3v) is 4.17. The number of hydrogen-bond donors (Lipinski definition) is 0. The predicted octanol–water partition coefficient (Wildman–Crippen LogP) is 3.73. The fourth-order valence-electron chi connectivity index (χ4n) is 2.90. The zero-order chi connectivity index (χ0) is 12.1. The molecule has 0 amide bonds. The lowest BCUT2D eigenvalue weighted by atomic mass is 9.81. The normalized spacial score (nSPS) is 27.9. The van der Waals surface area contributed by atoms with Gasteiger partial charge in [-0.05, 0) is 55.7 Å². The summed E-state index contributed by atoms with van der Waals surface area (Å²) in [5, 5.41) is 9.45. The van der Waals surface area contributed by atoms with Gasteiger partial charge in [-0.2, -0.15) is 5.26 Å². The van der Waals surface area contributed by atoms with Crippen LogP contribution in [0.25, 0.3) is 0 Å². The van der Waals surface area contributed by atoms with Crippen LogP contribution in [0.2, 0.25) is 0 Å². The second-order valence-corrected chi connectivity index (χ2v) is 5.26. The van der Waals surface area contributed by atoms with Gasteiger partial charge in [-0.15, -0.1) is 0 Å². The number of rotatable bonds is 4. The van der Waals surface area contributed by atoms with Gasteiger partial charge in [-0.1, -0.05) is 13.3 Å². The van der Waals surface area contributed by atoms with Crippen molar-refractivity contribution in [2.75, 3.05) is 0 Å². The molecule has 2 unspecified atom stereocenters. The molecule has 2 atom stereocenters. The average Bonchev–Trinajstić information content (AvgIpc) is 2.82. The van der Waals surface area contributed by atoms with Gasteiger partial charge in [-0.25, -0.2) is 0 Å². The van der Waals surface area contributed by atoms with E-state index in [0.717, 1.165) is 31.6 Å². The fraction of sp³-hybridized carbons (Fsp3) is 0.600. The van der Waals surface area contributed by atoms with Crippen LogP contribution in [0.4, 0.5) is 0 Å². The Kier molecular flexibility index (Phi) is 3.78.